The number of aliphatic hydroxyl groups excluding tert-OH is 3. The number of rotatable bonds is 0. The van der Waals surface area contributed by atoms with Gasteiger partial charge in [-0.05, 0) is 17.3 Å². The van der Waals surface area contributed by atoms with Crippen LogP contribution in [0.5, 0.6) is 0 Å². The first kappa shape index (κ1) is 11.0. The third-order valence-electron chi connectivity index (χ3n) is 3.16. The highest BCUT2D eigenvalue weighted by Gasteiger charge is 2.50. The van der Waals surface area contributed by atoms with Crippen molar-refractivity contribution in [1.82, 2.24) is 0 Å². The largest absolute Gasteiger partial charge is 0.390 e. The van der Waals surface area contributed by atoms with E-state index < -0.39 is 18.3 Å². The van der Waals surface area contributed by atoms with E-state index in [9.17, 15) is 15.3 Å². The maximum absolute atomic E-state index is 9.70. The quantitative estimate of drug-likeness (QED) is 0.519. The molecule has 3 heteroatoms. The van der Waals surface area contributed by atoms with Gasteiger partial charge in [-0.2, -0.15) is 0 Å². The second-order valence-corrected chi connectivity index (χ2v) is 5.53. The van der Waals surface area contributed by atoms with E-state index >= 15 is 0 Å². The van der Waals surface area contributed by atoms with Crippen LogP contribution in [0.25, 0.3) is 0 Å². The monoisotopic (exact) mass is 188 g/mol. The second kappa shape index (κ2) is 2.94. The molecule has 1 fully saturated rings. The molecule has 13 heavy (non-hydrogen) atoms. The minimum Gasteiger partial charge on any atom is -0.390 e. The first-order valence-corrected chi connectivity index (χ1v) is 4.73. The van der Waals surface area contributed by atoms with Crippen LogP contribution in [0.3, 0.4) is 0 Å². The van der Waals surface area contributed by atoms with Crippen LogP contribution in [0.4, 0.5) is 0 Å². The molecule has 1 aliphatic carbocycles. The molecule has 0 radical (unpaired) electrons. The van der Waals surface area contributed by atoms with E-state index in [-0.39, 0.29) is 10.8 Å². The van der Waals surface area contributed by atoms with Crippen molar-refractivity contribution in [2.45, 2.75) is 52.4 Å². The highest BCUT2D eigenvalue weighted by molar-refractivity contribution is 5.00. The van der Waals surface area contributed by atoms with Crippen LogP contribution < -0.4 is 0 Å². The van der Waals surface area contributed by atoms with Gasteiger partial charge in [0.2, 0.25) is 0 Å². The average molecular weight is 188 g/mol. The summed E-state index contributed by atoms with van der Waals surface area (Å²) in [4.78, 5) is 0. The van der Waals surface area contributed by atoms with Crippen molar-refractivity contribution in [3.63, 3.8) is 0 Å². The summed E-state index contributed by atoms with van der Waals surface area (Å²) in [7, 11) is 0. The lowest BCUT2D eigenvalue weighted by Gasteiger charge is -2.49. The molecule has 3 nitrogen and oxygen atoms in total. The van der Waals surface area contributed by atoms with Gasteiger partial charge in [0.1, 0.15) is 6.10 Å². The lowest BCUT2D eigenvalue weighted by atomic mass is 9.61. The highest BCUT2D eigenvalue weighted by atomic mass is 16.4. The summed E-state index contributed by atoms with van der Waals surface area (Å²) >= 11 is 0. The van der Waals surface area contributed by atoms with Crippen LogP contribution in [-0.4, -0.2) is 33.6 Å². The molecule has 0 saturated heterocycles. The van der Waals surface area contributed by atoms with E-state index in [4.69, 9.17) is 0 Å². The first-order chi connectivity index (χ1) is 5.68. The molecule has 1 rings (SSSR count). The molecule has 0 spiro atoms. The number of hydrogen-bond donors (Lipinski definition) is 3. The topological polar surface area (TPSA) is 60.7 Å². The highest BCUT2D eigenvalue weighted by Crippen LogP contribution is 2.45. The zero-order chi connectivity index (χ0) is 10.4. The fourth-order valence-corrected chi connectivity index (χ4v) is 2.48. The summed E-state index contributed by atoms with van der Waals surface area (Å²) in [5, 5.41) is 29.0. The molecule has 1 saturated carbocycles. The molecule has 2 atom stereocenters. The van der Waals surface area contributed by atoms with Crippen LogP contribution in [0, 0.1) is 10.8 Å². The van der Waals surface area contributed by atoms with Gasteiger partial charge in [0.05, 0.1) is 12.2 Å². The summed E-state index contributed by atoms with van der Waals surface area (Å²) in [5.74, 6) is 0. The lowest BCUT2D eigenvalue weighted by Crippen LogP contribution is -2.58. The maximum atomic E-state index is 9.70. The molecule has 3 N–H and O–H groups in total. The third-order valence-corrected chi connectivity index (χ3v) is 3.16. The molecule has 2 unspecified atom stereocenters. The summed E-state index contributed by atoms with van der Waals surface area (Å²) in [6, 6.07) is 0. The Balaban J connectivity index is 2.93. The standard InChI is InChI=1S/C10H20O3/c1-9(2)5-10(3,4)8(13)6(11)7(9)12/h6-8,11-13H,5H2,1-4H3. The fourth-order valence-electron chi connectivity index (χ4n) is 2.48. The number of aliphatic hydroxyl groups is 3. The van der Waals surface area contributed by atoms with Gasteiger partial charge in [-0.15, -0.1) is 0 Å². The fraction of sp³-hybridized carbons (Fsp3) is 1.00. The Kier molecular flexibility index (Phi) is 2.48. The van der Waals surface area contributed by atoms with Crippen molar-refractivity contribution >= 4 is 0 Å². The van der Waals surface area contributed by atoms with Gasteiger partial charge in [-0.25, -0.2) is 0 Å². The van der Waals surface area contributed by atoms with Crippen molar-refractivity contribution in [2.75, 3.05) is 0 Å². The van der Waals surface area contributed by atoms with Gasteiger partial charge in [0.25, 0.3) is 0 Å². The predicted octanol–water partition coefficient (Wildman–Crippen LogP) is 0.525. The molecule has 0 heterocycles. The Labute approximate surface area is 79.4 Å². The molecule has 0 aliphatic heterocycles. The van der Waals surface area contributed by atoms with Gasteiger partial charge in [0, 0.05) is 0 Å². The van der Waals surface area contributed by atoms with E-state index in [0.717, 1.165) is 0 Å². The van der Waals surface area contributed by atoms with Crippen molar-refractivity contribution in [3.05, 3.63) is 0 Å². The molecule has 0 amide bonds. The summed E-state index contributed by atoms with van der Waals surface area (Å²) in [5.41, 5.74) is -0.662. The van der Waals surface area contributed by atoms with Gasteiger partial charge in [-0.1, -0.05) is 27.7 Å². The second-order valence-electron chi connectivity index (χ2n) is 5.53. The number of hydrogen-bond acceptors (Lipinski definition) is 3. The SMILES string of the molecule is CC1(C)CC(C)(C)C(O)C(O)C1O. The van der Waals surface area contributed by atoms with Crippen LogP contribution in [0.15, 0.2) is 0 Å². The Morgan fingerprint density at radius 2 is 1.15 bits per heavy atom. The normalized spacial score (nSPS) is 43.2. The predicted molar refractivity (Wildman–Crippen MR) is 50.2 cm³/mol. The van der Waals surface area contributed by atoms with Crippen molar-refractivity contribution < 1.29 is 15.3 Å². The van der Waals surface area contributed by atoms with Crippen molar-refractivity contribution in [2.24, 2.45) is 10.8 Å². The zero-order valence-electron chi connectivity index (χ0n) is 8.78. The lowest BCUT2D eigenvalue weighted by molar-refractivity contribution is -0.184. The molecule has 0 aromatic carbocycles. The molecule has 0 aromatic rings. The van der Waals surface area contributed by atoms with Crippen molar-refractivity contribution in [3.8, 4) is 0 Å². The Hall–Kier alpha value is -0.120. The van der Waals surface area contributed by atoms with Gasteiger partial charge < -0.3 is 15.3 Å². The van der Waals surface area contributed by atoms with E-state index in [1.165, 1.54) is 0 Å². The molecule has 0 bridgehead atoms. The molecule has 1 aliphatic rings. The average Bonchev–Trinajstić information content (AvgIpc) is 1.96. The van der Waals surface area contributed by atoms with Crippen LogP contribution in [-0.2, 0) is 0 Å². The Bertz CT molecular complexity index is 178. The zero-order valence-corrected chi connectivity index (χ0v) is 8.78. The Morgan fingerprint density at radius 1 is 0.846 bits per heavy atom. The maximum Gasteiger partial charge on any atom is 0.107 e. The van der Waals surface area contributed by atoms with Crippen LogP contribution in [0.1, 0.15) is 34.1 Å². The van der Waals surface area contributed by atoms with Gasteiger partial charge >= 0.3 is 0 Å². The third kappa shape index (κ3) is 1.73. The van der Waals surface area contributed by atoms with Gasteiger partial charge in [-0.3, -0.25) is 0 Å². The van der Waals surface area contributed by atoms with Crippen molar-refractivity contribution in [1.29, 1.82) is 0 Å². The van der Waals surface area contributed by atoms with E-state index in [1.807, 2.05) is 27.7 Å². The summed E-state index contributed by atoms with van der Waals surface area (Å²) in [6.45, 7) is 7.64. The summed E-state index contributed by atoms with van der Waals surface area (Å²) in [6.07, 6.45) is -2.00. The first-order valence-electron chi connectivity index (χ1n) is 4.73. The molecular weight excluding hydrogens is 168 g/mol. The minimum absolute atomic E-state index is 0.331. The smallest absolute Gasteiger partial charge is 0.107 e. The molecule has 0 aromatic heterocycles. The van der Waals surface area contributed by atoms with Crippen LogP contribution in [0.2, 0.25) is 0 Å². The Morgan fingerprint density at radius 3 is 1.46 bits per heavy atom. The van der Waals surface area contributed by atoms with E-state index in [0.29, 0.717) is 6.42 Å². The van der Waals surface area contributed by atoms with E-state index in [2.05, 4.69) is 0 Å². The molecule has 78 valence electrons. The van der Waals surface area contributed by atoms with Crippen LogP contribution >= 0.6 is 0 Å². The van der Waals surface area contributed by atoms with E-state index in [1.54, 1.807) is 0 Å². The van der Waals surface area contributed by atoms with Gasteiger partial charge in [0.15, 0.2) is 0 Å². The summed E-state index contributed by atoms with van der Waals surface area (Å²) < 4.78 is 0. The minimum atomic E-state index is -1.03. The molecular formula is C10H20O3.